The molecule has 0 radical (unpaired) electrons. The van der Waals surface area contributed by atoms with Gasteiger partial charge < -0.3 is 16.4 Å². The van der Waals surface area contributed by atoms with Gasteiger partial charge in [0.05, 0.1) is 5.41 Å². The van der Waals surface area contributed by atoms with Crippen LogP contribution in [-0.2, 0) is 4.79 Å². The Morgan fingerprint density at radius 2 is 1.82 bits per heavy atom. The minimum absolute atomic E-state index is 0.205. The molecule has 0 saturated carbocycles. The van der Waals surface area contributed by atoms with Gasteiger partial charge in [0.2, 0.25) is 5.91 Å². The van der Waals surface area contributed by atoms with Gasteiger partial charge in [-0.15, -0.1) is 0 Å². The van der Waals surface area contributed by atoms with E-state index in [-0.39, 0.29) is 5.91 Å². The lowest BCUT2D eigenvalue weighted by Crippen LogP contribution is -2.47. The van der Waals surface area contributed by atoms with Crippen molar-refractivity contribution in [2.24, 2.45) is 22.8 Å². The second-order valence-corrected chi connectivity index (χ2v) is 6.41. The molecule has 4 nitrogen and oxygen atoms in total. The van der Waals surface area contributed by atoms with E-state index in [0.29, 0.717) is 24.9 Å². The van der Waals surface area contributed by atoms with Crippen LogP contribution in [0.15, 0.2) is 30.3 Å². The topological polar surface area (TPSA) is 72.4 Å². The van der Waals surface area contributed by atoms with Crippen molar-refractivity contribution in [2.75, 3.05) is 26.2 Å². The SMILES string of the molecule is CCC(CC)(CN)C(=O)N1C[C@@H](CN)[C@H](c2ccccc2)C1. The van der Waals surface area contributed by atoms with Crippen LogP contribution in [0.3, 0.4) is 0 Å². The summed E-state index contributed by atoms with van der Waals surface area (Å²) in [6.07, 6.45) is 1.58. The van der Waals surface area contributed by atoms with Crippen molar-refractivity contribution < 1.29 is 4.79 Å². The highest BCUT2D eigenvalue weighted by Gasteiger charge is 2.42. The fraction of sp³-hybridized carbons (Fsp3) is 0.611. The molecule has 0 aliphatic carbocycles. The minimum Gasteiger partial charge on any atom is -0.341 e. The third-order valence-corrected chi connectivity index (χ3v) is 5.46. The molecule has 0 unspecified atom stereocenters. The van der Waals surface area contributed by atoms with Gasteiger partial charge in [0.25, 0.3) is 0 Å². The summed E-state index contributed by atoms with van der Waals surface area (Å²) in [5.74, 6) is 0.867. The van der Waals surface area contributed by atoms with Crippen molar-refractivity contribution in [3.63, 3.8) is 0 Å². The molecule has 1 heterocycles. The maximum absolute atomic E-state index is 13.0. The Kier molecular flexibility index (Phi) is 5.59. The Labute approximate surface area is 133 Å². The van der Waals surface area contributed by atoms with Crippen LogP contribution < -0.4 is 11.5 Å². The van der Waals surface area contributed by atoms with E-state index in [1.165, 1.54) is 5.56 Å². The van der Waals surface area contributed by atoms with Crippen molar-refractivity contribution in [2.45, 2.75) is 32.6 Å². The van der Waals surface area contributed by atoms with Crippen LogP contribution in [0.2, 0.25) is 0 Å². The number of hydrogen-bond acceptors (Lipinski definition) is 3. The number of carbonyl (C=O) groups excluding carboxylic acids is 1. The van der Waals surface area contributed by atoms with E-state index in [2.05, 4.69) is 38.1 Å². The van der Waals surface area contributed by atoms with Crippen molar-refractivity contribution in [3.05, 3.63) is 35.9 Å². The molecule has 1 aromatic carbocycles. The van der Waals surface area contributed by atoms with Crippen molar-refractivity contribution in [1.82, 2.24) is 4.90 Å². The fourth-order valence-corrected chi connectivity index (χ4v) is 3.62. The zero-order valence-corrected chi connectivity index (χ0v) is 13.8. The molecule has 2 atom stereocenters. The molecule has 0 aromatic heterocycles. The maximum Gasteiger partial charge on any atom is 0.230 e. The normalized spacial score (nSPS) is 22.1. The Morgan fingerprint density at radius 1 is 1.18 bits per heavy atom. The van der Waals surface area contributed by atoms with Gasteiger partial charge in [0.15, 0.2) is 0 Å². The first kappa shape index (κ1) is 17.0. The van der Waals surface area contributed by atoms with Gasteiger partial charge in [-0.25, -0.2) is 0 Å². The lowest BCUT2D eigenvalue weighted by atomic mass is 9.81. The fourth-order valence-electron chi connectivity index (χ4n) is 3.62. The third kappa shape index (κ3) is 3.03. The second kappa shape index (κ2) is 7.25. The molecule has 0 spiro atoms. The summed E-state index contributed by atoms with van der Waals surface area (Å²) in [5.41, 5.74) is 12.8. The molecule has 1 aliphatic heterocycles. The first-order valence-corrected chi connectivity index (χ1v) is 8.36. The number of nitrogens with two attached hydrogens (primary N) is 2. The average molecular weight is 303 g/mol. The van der Waals surface area contributed by atoms with E-state index >= 15 is 0 Å². The van der Waals surface area contributed by atoms with Gasteiger partial charge in [-0.2, -0.15) is 0 Å². The standard InChI is InChI=1S/C18H29N3O/c1-3-18(4-2,13-20)17(22)21-11-15(10-19)16(12-21)14-8-6-5-7-9-14/h5-9,15-16H,3-4,10-13,19-20H2,1-2H3/t15-,16+/m1/s1. The van der Waals surface area contributed by atoms with Gasteiger partial charge in [-0.1, -0.05) is 44.2 Å². The Bertz CT molecular complexity index is 476. The zero-order valence-electron chi connectivity index (χ0n) is 13.8. The highest BCUT2D eigenvalue weighted by Crippen LogP contribution is 2.36. The van der Waals surface area contributed by atoms with Gasteiger partial charge in [0, 0.05) is 25.6 Å². The monoisotopic (exact) mass is 303 g/mol. The molecule has 0 bridgehead atoms. The second-order valence-electron chi connectivity index (χ2n) is 6.41. The largest absolute Gasteiger partial charge is 0.341 e. The van der Waals surface area contributed by atoms with Crippen LogP contribution in [-0.4, -0.2) is 37.0 Å². The molecule has 2 rings (SSSR count). The zero-order chi connectivity index (χ0) is 16.2. The van der Waals surface area contributed by atoms with Crippen LogP contribution in [0.25, 0.3) is 0 Å². The lowest BCUT2D eigenvalue weighted by Gasteiger charge is -2.33. The number of amides is 1. The average Bonchev–Trinajstić information content (AvgIpc) is 3.02. The van der Waals surface area contributed by atoms with Crippen molar-refractivity contribution in [1.29, 1.82) is 0 Å². The quantitative estimate of drug-likeness (QED) is 0.843. The van der Waals surface area contributed by atoms with Crippen LogP contribution >= 0.6 is 0 Å². The minimum atomic E-state index is -0.412. The summed E-state index contributed by atoms with van der Waals surface area (Å²) < 4.78 is 0. The number of benzene rings is 1. The predicted molar refractivity (Wildman–Crippen MR) is 90.4 cm³/mol. The third-order valence-electron chi connectivity index (χ3n) is 5.46. The summed E-state index contributed by atoms with van der Waals surface area (Å²) in [7, 11) is 0. The number of carbonyl (C=O) groups is 1. The molecule has 22 heavy (non-hydrogen) atoms. The Hall–Kier alpha value is -1.39. The van der Waals surface area contributed by atoms with Crippen LogP contribution in [0.5, 0.6) is 0 Å². The summed E-state index contributed by atoms with van der Waals surface area (Å²) in [5, 5.41) is 0. The predicted octanol–water partition coefficient (Wildman–Crippen LogP) is 1.95. The van der Waals surface area contributed by atoms with Crippen molar-refractivity contribution in [3.8, 4) is 0 Å². The number of nitrogens with zero attached hydrogens (tertiary/aromatic N) is 1. The molecule has 1 fully saturated rings. The maximum atomic E-state index is 13.0. The number of hydrogen-bond donors (Lipinski definition) is 2. The molecular formula is C18H29N3O. The van der Waals surface area contributed by atoms with E-state index in [4.69, 9.17) is 11.5 Å². The van der Waals surface area contributed by atoms with E-state index in [9.17, 15) is 4.79 Å². The van der Waals surface area contributed by atoms with Gasteiger partial charge in [-0.3, -0.25) is 4.79 Å². The molecule has 1 aromatic rings. The smallest absolute Gasteiger partial charge is 0.230 e. The molecule has 4 N–H and O–H groups in total. The van der Waals surface area contributed by atoms with E-state index in [1.807, 2.05) is 11.0 Å². The highest BCUT2D eigenvalue weighted by molar-refractivity contribution is 5.83. The highest BCUT2D eigenvalue weighted by atomic mass is 16.2. The summed E-state index contributed by atoms with van der Waals surface area (Å²) in [4.78, 5) is 15.0. The van der Waals surface area contributed by atoms with Crippen LogP contribution in [0.1, 0.15) is 38.2 Å². The van der Waals surface area contributed by atoms with Crippen LogP contribution in [0, 0.1) is 11.3 Å². The molecule has 122 valence electrons. The molecule has 1 amide bonds. The van der Waals surface area contributed by atoms with Gasteiger partial charge in [0.1, 0.15) is 0 Å². The summed E-state index contributed by atoms with van der Waals surface area (Å²) >= 11 is 0. The van der Waals surface area contributed by atoms with E-state index < -0.39 is 5.41 Å². The van der Waals surface area contributed by atoms with Gasteiger partial charge in [-0.05, 0) is 30.9 Å². The van der Waals surface area contributed by atoms with Gasteiger partial charge >= 0.3 is 0 Å². The summed E-state index contributed by atoms with van der Waals surface area (Å²) in [6.45, 7) is 6.64. The Morgan fingerprint density at radius 3 is 2.32 bits per heavy atom. The Balaban J connectivity index is 2.20. The summed E-state index contributed by atoms with van der Waals surface area (Å²) in [6, 6.07) is 10.4. The number of rotatable bonds is 6. The first-order chi connectivity index (χ1) is 10.6. The lowest BCUT2D eigenvalue weighted by molar-refractivity contribution is -0.141. The first-order valence-electron chi connectivity index (χ1n) is 8.36. The van der Waals surface area contributed by atoms with E-state index in [0.717, 1.165) is 25.9 Å². The number of likely N-dealkylation sites (tertiary alicyclic amines) is 1. The molecular weight excluding hydrogens is 274 g/mol. The van der Waals surface area contributed by atoms with E-state index in [1.54, 1.807) is 0 Å². The molecule has 4 heteroatoms. The molecule has 1 aliphatic rings. The van der Waals surface area contributed by atoms with Crippen molar-refractivity contribution >= 4 is 5.91 Å². The van der Waals surface area contributed by atoms with Crippen LogP contribution in [0.4, 0.5) is 0 Å². The molecule has 1 saturated heterocycles.